The third-order valence-corrected chi connectivity index (χ3v) is 9.76. The first-order valence-electron chi connectivity index (χ1n) is 19.0. The van der Waals surface area contributed by atoms with Crippen molar-refractivity contribution in [3.63, 3.8) is 0 Å². The van der Waals surface area contributed by atoms with Crippen LogP contribution < -0.4 is 37.2 Å². The second kappa shape index (κ2) is 20.2. The van der Waals surface area contributed by atoms with Crippen LogP contribution in [0.15, 0.2) is 42.2 Å². The Morgan fingerprint density at radius 1 is 0.639 bits per heavy atom. The Labute approximate surface area is 354 Å². The van der Waals surface area contributed by atoms with Crippen LogP contribution in [-0.4, -0.2) is 120 Å². The van der Waals surface area contributed by atoms with Crippen LogP contribution in [0, 0.1) is 6.92 Å². The van der Waals surface area contributed by atoms with Gasteiger partial charge in [0.15, 0.2) is 11.6 Å². The molecule has 7 N–H and O–H groups in total. The number of hydrogen-bond donors (Lipinski definition) is 7. The van der Waals surface area contributed by atoms with Crippen LogP contribution in [0.3, 0.4) is 0 Å². The molecule has 22 nitrogen and oxygen atoms in total. The molecule has 0 spiro atoms. The molecule has 5 heterocycles. The van der Waals surface area contributed by atoms with Gasteiger partial charge in [-0.25, -0.2) is 15.0 Å². The predicted octanol–water partition coefficient (Wildman–Crippen LogP) is 1.30. The smallest absolute Gasteiger partial charge is 0.292 e. The van der Waals surface area contributed by atoms with Gasteiger partial charge in [0.05, 0.1) is 10.7 Å². The summed E-state index contributed by atoms with van der Waals surface area (Å²) in [6.07, 6.45) is 5.34. The molecule has 5 aromatic heterocycles. The third kappa shape index (κ3) is 12.2. The van der Waals surface area contributed by atoms with E-state index in [2.05, 4.69) is 52.2 Å². The van der Waals surface area contributed by atoms with E-state index in [4.69, 9.17) is 0 Å². The van der Waals surface area contributed by atoms with E-state index in [0.717, 1.165) is 18.0 Å². The highest BCUT2D eigenvalue weighted by Gasteiger charge is 2.21. The SMILES string of the molecule is Cc1nc(C(=O)Nc2cn(C)c(C(=O)Nc3ccc(C(=O)NCCC(=O)Nc4cn(C)c(C(=O)Nc5cc(C(=O)NCCC(=O)NCCCN(C)C)n(C)c5)n4)n3C)n2)cs1. The molecule has 5 aromatic rings. The Balaban J connectivity index is 1.05. The number of aromatic nitrogens is 7. The summed E-state index contributed by atoms with van der Waals surface area (Å²) in [6, 6.07) is 4.54. The van der Waals surface area contributed by atoms with E-state index in [9.17, 15) is 33.6 Å². The summed E-state index contributed by atoms with van der Waals surface area (Å²) in [4.78, 5) is 104. The van der Waals surface area contributed by atoms with Crippen molar-refractivity contribution in [1.29, 1.82) is 0 Å². The molecule has 5 rings (SSSR count). The van der Waals surface area contributed by atoms with Gasteiger partial charge in [-0.05, 0) is 52.2 Å². The van der Waals surface area contributed by atoms with Crippen molar-refractivity contribution in [2.24, 2.45) is 28.2 Å². The highest BCUT2D eigenvalue weighted by molar-refractivity contribution is 7.09. The Morgan fingerprint density at radius 3 is 1.87 bits per heavy atom. The highest BCUT2D eigenvalue weighted by atomic mass is 32.1. The van der Waals surface area contributed by atoms with Crippen molar-refractivity contribution >= 4 is 75.8 Å². The molecule has 0 bridgehead atoms. The molecule has 0 aromatic carbocycles. The Bertz CT molecular complexity index is 2440. The highest BCUT2D eigenvalue weighted by Crippen LogP contribution is 2.18. The lowest BCUT2D eigenvalue weighted by atomic mass is 10.3. The van der Waals surface area contributed by atoms with Gasteiger partial charge >= 0.3 is 0 Å². The fourth-order valence-corrected chi connectivity index (χ4v) is 6.48. The van der Waals surface area contributed by atoms with Crippen molar-refractivity contribution in [1.82, 2.24) is 54.1 Å². The maximum absolute atomic E-state index is 13.1. The Kier molecular flexibility index (Phi) is 14.9. The standard InChI is InChI=1S/C38H49N15O7S/c1-22-42-24(21-61-22)34(56)47-28-20-52(6)33(46-28)38(60)48-29-10-9-25(53(29)7)35(57)40-15-12-31(55)44-27-19-51(5)32(45-27)37(59)43-23-17-26(50(4)18-23)36(58)41-14-11-30(54)39-13-8-16-49(2)3/h9-10,17-21H,8,11-16H2,1-7H3,(H,39,54)(H,40,57)(H,41,58)(H,43,59)(H,44,55)(H,47,56)(H,48,60). The first kappa shape index (κ1) is 45.0. The molecule has 7 amide bonds. The van der Waals surface area contributed by atoms with E-state index in [1.165, 1.54) is 55.6 Å². The fraction of sp³-hybridized carbons (Fsp3) is 0.368. The Morgan fingerprint density at radius 2 is 1.25 bits per heavy atom. The van der Waals surface area contributed by atoms with Crippen molar-refractivity contribution in [3.05, 3.63) is 75.9 Å². The van der Waals surface area contributed by atoms with Crippen LogP contribution in [0.1, 0.15) is 77.0 Å². The predicted molar refractivity (Wildman–Crippen MR) is 227 cm³/mol. The molecule has 0 saturated heterocycles. The molecule has 0 aliphatic rings. The summed E-state index contributed by atoms with van der Waals surface area (Å²) in [5, 5.41) is 21.2. The van der Waals surface area contributed by atoms with Gasteiger partial charge in [0.2, 0.25) is 23.5 Å². The van der Waals surface area contributed by atoms with E-state index < -0.39 is 35.4 Å². The van der Waals surface area contributed by atoms with Crippen LogP contribution in [0.2, 0.25) is 0 Å². The van der Waals surface area contributed by atoms with Gasteiger partial charge in [0, 0.05) is 84.6 Å². The molecule has 61 heavy (non-hydrogen) atoms. The minimum absolute atomic E-state index is 0.0114. The van der Waals surface area contributed by atoms with Crippen molar-refractivity contribution in [2.45, 2.75) is 26.2 Å². The van der Waals surface area contributed by atoms with Crippen LogP contribution >= 0.6 is 11.3 Å². The second-order valence-electron chi connectivity index (χ2n) is 14.2. The summed E-state index contributed by atoms with van der Waals surface area (Å²) in [5.74, 6) is -2.61. The number of nitrogens with one attached hydrogen (secondary N) is 7. The Hall–Kier alpha value is -7.14. The molecule has 0 aliphatic carbocycles. The van der Waals surface area contributed by atoms with Crippen LogP contribution in [0.25, 0.3) is 0 Å². The van der Waals surface area contributed by atoms with Crippen molar-refractivity contribution < 1.29 is 33.6 Å². The fourth-order valence-electron chi connectivity index (χ4n) is 5.88. The zero-order valence-electron chi connectivity index (χ0n) is 34.8. The average Bonchev–Trinajstić information content (AvgIpc) is 4.03. The molecule has 0 unspecified atom stereocenters. The zero-order valence-corrected chi connectivity index (χ0v) is 35.7. The molecule has 23 heteroatoms. The van der Waals surface area contributed by atoms with Gasteiger partial charge in [-0.15, -0.1) is 11.3 Å². The molecule has 0 saturated carbocycles. The second-order valence-corrected chi connectivity index (χ2v) is 15.3. The lowest BCUT2D eigenvalue weighted by molar-refractivity contribution is -0.121. The minimum Gasteiger partial charge on any atom is -0.356 e. The third-order valence-electron chi connectivity index (χ3n) is 8.99. The van der Waals surface area contributed by atoms with Crippen LogP contribution in [0.5, 0.6) is 0 Å². The number of nitrogens with zero attached hydrogens (tertiary/aromatic N) is 8. The number of anilines is 4. The largest absolute Gasteiger partial charge is 0.356 e. The zero-order chi connectivity index (χ0) is 44.4. The normalized spacial score (nSPS) is 11.0. The summed E-state index contributed by atoms with van der Waals surface area (Å²) in [6.45, 7) is 3.30. The van der Waals surface area contributed by atoms with E-state index in [0.29, 0.717) is 18.1 Å². The van der Waals surface area contributed by atoms with Crippen LogP contribution in [0.4, 0.5) is 23.1 Å². The number of carbonyl (C=O) groups excluding carboxylic acids is 7. The van der Waals surface area contributed by atoms with Gasteiger partial charge < -0.3 is 60.4 Å². The quantitative estimate of drug-likeness (QED) is 0.0582. The number of carbonyl (C=O) groups is 7. The van der Waals surface area contributed by atoms with E-state index in [1.54, 1.807) is 51.3 Å². The molecule has 324 valence electrons. The maximum atomic E-state index is 13.1. The summed E-state index contributed by atoms with van der Waals surface area (Å²) < 4.78 is 5.88. The molecular formula is C38H49N15O7S. The number of imidazole rings is 2. The number of amides is 7. The lowest BCUT2D eigenvalue weighted by Crippen LogP contribution is -2.32. The van der Waals surface area contributed by atoms with Gasteiger partial charge in [-0.3, -0.25) is 33.6 Å². The summed E-state index contributed by atoms with van der Waals surface area (Å²) in [5.41, 5.74) is 1.05. The number of rotatable bonds is 19. The molecule has 0 fully saturated rings. The summed E-state index contributed by atoms with van der Waals surface area (Å²) >= 11 is 1.34. The maximum Gasteiger partial charge on any atom is 0.292 e. The number of thiazole rings is 1. The van der Waals surface area contributed by atoms with Crippen molar-refractivity contribution in [2.75, 3.05) is 61.5 Å². The van der Waals surface area contributed by atoms with Crippen molar-refractivity contribution in [3.8, 4) is 0 Å². The van der Waals surface area contributed by atoms with Crippen LogP contribution in [-0.2, 0) is 37.8 Å². The minimum atomic E-state index is -0.590. The lowest BCUT2D eigenvalue weighted by Gasteiger charge is -2.10. The average molecular weight is 860 g/mol. The van der Waals surface area contributed by atoms with E-state index in [-0.39, 0.29) is 72.2 Å². The first-order valence-corrected chi connectivity index (χ1v) is 19.9. The molecule has 0 radical (unpaired) electrons. The molecular weight excluding hydrogens is 811 g/mol. The van der Waals surface area contributed by atoms with Gasteiger partial charge in [0.1, 0.15) is 22.9 Å². The van der Waals surface area contributed by atoms with Gasteiger partial charge in [-0.1, -0.05) is 0 Å². The number of hydrogen-bond acceptors (Lipinski definition) is 12. The van der Waals surface area contributed by atoms with Gasteiger partial charge in [0.25, 0.3) is 29.5 Å². The van der Waals surface area contributed by atoms with E-state index >= 15 is 0 Å². The first-order chi connectivity index (χ1) is 29.0. The monoisotopic (exact) mass is 859 g/mol. The molecule has 0 atom stereocenters. The van der Waals surface area contributed by atoms with E-state index in [1.807, 2.05) is 19.0 Å². The number of aryl methyl sites for hydroxylation is 4. The molecule has 0 aliphatic heterocycles. The summed E-state index contributed by atoms with van der Waals surface area (Å²) in [7, 11) is 10.3. The topological polar surface area (TPSA) is 265 Å². The van der Waals surface area contributed by atoms with Gasteiger partial charge in [-0.2, -0.15) is 0 Å².